The molecule has 6 nitrogen and oxygen atoms in total. The third kappa shape index (κ3) is 37.5. The minimum absolute atomic E-state index is 0.359. The zero-order valence-corrected chi connectivity index (χ0v) is 21.1. The maximum atomic E-state index is 12.1. The molecule has 0 fully saturated rings. The van der Waals surface area contributed by atoms with Gasteiger partial charge in [0.1, 0.15) is 6.61 Å². The van der Waals surface area contributed by atoms with Gasteiger partial charge in [-0.05, 0) is 12.2 Å². The van der Waals surface area contributed by atoms with Gasteiger partial charge in [-0.2, -0.15) is 24.9 Å². The first-order chi connectivity index (χ1) is 15.0. The van der Waals surface area contributed by atoms with Gasteiger partial charge in [0, 0.05) is 5.75 Å². The fourth-order valence-electron chi connectivity index (χ4n) is 2.98. The molecule has 0 radical (unpaired) electrons. The van der Waals surface area contributed by atoms with Crippen molar-refractivity contribution >= 4 is 19.6 Å². The van der Waals surface area contributed by atoms with Gasteiger partial charge >= 0.3 is 14.0 Å². The number of ether oxygens (including phenoxy) is 1. The van der Waals surface area contributed by atoms with Crippen LogP contribution in [0.5, 0.6) is 0 Å². The number of aliphatic hydroxyl groups is 1. The van der Waals surface area contributed by atoms with Crippen LogP contribution in [0, 0.1) is 0 Å². The lowest BCUT2D eigenvalue weighted by atomic mass is 10.0. The lowest BCUT2D eigenvalue weighted by Crippen LogP contribution is -2.27. The van der Waals surface area contributed by atoms with E-state index in [1.807, 2.05) is 0 Å². The maximum absolute atomic E-state index is 12.1. The molecule has 196 valence electrons. The van der Waals surface area contributed by atoms with Crippen LogP contribution in [-0.2, 0) is 9.30 Å². The van der Waals surface area contributed by atoms with Gasteiger partial charge in [-0.15, -0.1) is 0 Å². The molecular weight excluding hydrogens is 468 g/mol. The van der Waals surface area contributed by atoms with Crippen molar-refractivity contribution in [1.29, 1.82) is 0 Å². The summed E-state index contributed by atoms with van der Waals surface area (Å²) in [6.07, 6.45) is 13.4. The van der Waals surface area contributed by atoms with E-state index in [0.717, 1.165) is 12.2 Å². The molecule has 0 spiro atoms. The Morgan fingerprint density at radius 3 is 1.53 bits per heavy atom. The summed E-state index contributed by atoms with van der Waals surface area (Å²) < 4.78 is 49.8. The van der Waals surface area contributed by atoms with E-state index in [2.05, 4.69) is 11.7 Å². The third-order valence-electron chi connectivity index (χ3n) is 4.63. The molecule has 0 saturated carbocycles. The zero-order valence-electron chi connectivity index (χ0n) is 19.4. The number of aliphatic hydroxyl groups excluding tert-OH is 1. The van der Waals surface area contributed by atoms with Crippen molar-refractivity contribution in [3.63, 3.8) is 0 Å². The maximum Gasteiger partial charge on any atom is 0.466 e. The van der Waals surface area contributed by atoms with Crippen molar-refractivity contribution in [2.45, 2.75) is 109 Å². The van der Waals surface area contributed by atoms with Gasteiger partial charge in [0.25, 0.3) is 0 Å². The average molecular weight is 513 g/mol. The first-order valence-electron chi connectivity index (χ1n) is 11.6. The Bertz CT molecular complexity index is 430. The van der Waals surface area contributed by atoms with Crippen LogP contribution < -0.4 is 0 Å². The Morgan fingerprint density at radius 2 is 1.19 bits per heavy atom. The second-order valence-corrected chi connectivity index (χ2v) is 10.1. The average Bonchev–Trinajstić information content (AvgIpc) is 2.68. The standard InChI is InChI=1S/C21H41F3O2S.H3O4P/c1-2-3-4-5-6-7-8-9-10-11-12-13-14-15-16-27-18-20(17-25)26-19-21(22,23)24;1-5(2,3)4/h20,25H,2-19H2,1H3;(H3,1,2,3,4). The van der Waals surface area contributed by atoms with Gasteiger partial charge in [0.05, 0.1) is 12.7 Å². The Kier molecular flexibility index (Phi) is 24.6. The first-order valence-corrected chi connectivity index (χ1v) is 14.4. The molecule has 0 bridgehead atoms. The van der Waals surface area contributed by atoms with Crippen molar-refractivity contribution in [3.8, 4) is 0 Å². The molecule has 1 unspecified atom stereocenters. The number of hydrogen-bond donors (Lipinski definition) is 4. The van der Waals surface area contributed by atoms with Crippen molar-refractivity contribution in [2.75, 3.05) is 24.7 Å². The quantitative estimate of drug-likeness (QED) is 0.113. The first kappa shape index (κ1) is 34.3. The van der Waals surface area contributed by atoms with Crippen LogP contribution in [0.15, 0.2) is 0 Å². The van der Waals surface area contributed by atoms with Crippen molar-refractivity contribution < 1.29 is 42.3 Å². The molecule has 0 aromatic heterocycles. The molecular formula is C21H44F3O6PS. The van der Waals surface area contributed by atoms with E-state index >= 15 is 0 Å². The molecule has 32 heavy (non-hydrogen) atoms. The van der Waals surface area contributed by atoms with E-state index in [9.17, 15) is 13.2 Å². The summed E-state index contributed by atoms with van der Waals surface area (Å²) in [6.45, 7) is 0.614. The van der Waals surface area contributed by atoms with Crippen LogP contribution >= 0.6 is 19.6 Å². The van der Waals surface area contributed by atoms with E-state index < -0.39 is 26.7 Å². The largest absolute Gasteiger partial charge is 0.466 e. The SMILES string of the molecule is CCCCCCCCCCCCCCCCSCC(CO)OCC(F)(F)F.O=P(O)(O)O. The number of alkyl halides is 3. The van der Waals surface area contributed by atoms with Crippen LogP contribution in [0.25, 0.3) is 0 Å². The van der Waals surface area contributed by atoms with Gasteiger partial charge in [-0.25, -0.2) is 4.57 Å². The number of halogens is 3. The summed E-state index contributed by atoms with van der Waals surface area (Å²) in [5, 5.41) is 9.04. The fraction of sp³-hybridized carbons (Fsp3) is 1.00. The molecule has 0 aliphatic rings. The van der Waals surface area contributed by atoms with Crippen LogP contribution in [0.4, 0.5) is 13.2 Å². The van der Waals surface area contributed by atoms with Crippen LogP contribution in [0.1, 0.15) is 96.8 Å². The highest BCUT2D eigenvalue weighted by atomic mass is 32.2. The van der Waals surface area contributed by atoms with Gasteiger partial charge in [0.2, 0.25) is 0 Å². The molecule has 0 heterocycles. The molecule has 0 aromatic carbocycles. The fourth-order valence-corrected chi connectivity index (χ4v) is 4.02. The topological polar surface area (TPSA) is 107 Å². The molecule has 1 atom stereocenters. The number of unbranched alkanes of at least 4 members (excludes halogenated alkanes) is 13. The molecule has 4 N–H and O–H groups in total. The van der Waals surface area contributed by atoms with E-state index in [1.54, 1.807) is 11.8 Å². The Hall–Kier alpha value is 0.170. The van der Waals surface area contributed by atoms with Crippen LogP contribution in [0.2, 0.25) is 0 Å². The molecule has 0 aliphatic heterocycles. The highest BCUT2D eigenvalue weighted by Gasteiger charge is 2.29. The summed E-state index contributed by atoms with van der Waals surface area (Å²) in [5.41, 5.74) is 0. The second-order valence-electron chi connectivity index (χ2n) is 7.92. The normalized spacial score (nSPS) is 13.0. The molecule has 0 aromatic rings. The Balaban J connectivity index is 0. The van der Waals surface area contributed by atoms with Gasteiger partial charge in [0.15, 0.2) is 0 Å². The molecule has 0 rings (SSSR count). The molecule has 0 amide bonds. The monoisotopic (exact) mass is 512 g/mol. The minimum atomic E-state index is -4.64. The molecule has 0 aliphatic carbocycles. The van der Waals surface area contributed by atoms with Gasteiger partial charge in [-0.3, -0.25) is 0 Å². The summed E-state index contributed by atoms with van der Waals surface area (Å²) in [6, 6.07) is 0. The summed E-state index contributed by atoms with van der Waals surface area (Å²) >= 11 is 1.57. The van der Waals surface area contributed by atoms with Gasteiger partial charge in [-0.1, -0.05) is 90.4 Å². The lowest BCUT2D eigenvalue weighted by Gasteiger charge is -2.16. The number of phosphoric acid groups is 1. The molecule has 11 heteroatoms. The summed E-state index contributed by atoms with van der Waals surface area (Å²) in [5.74, 6) is 1.34. The highest BCUT2D eigenvalue weighted by molar-refractivity contribution is 7.99. The van der Waals surface area contributed by atoms with Gasteiger partial charge < -0.3 is 24.5 Å². The zero-order chi connectivity index (χ0) is 24.7. The lowest BCUT2D eigenvalue weighted by molar-refractivity contribution is -0.185. The van der Waals surface area contributed by atoms with E-state index in [-0.39, 0.29) is 6.61 Å². The second kappa shape index (κ2) is 22.9. The predicted octanol–water partition coefficient (Wildman–Crippen LogP) is 6.21. The number of hydrogen-bond acceptors (Lipinski definition) is 4. The summed E-state index contributed by atoms with van der Waals surface area (Å²) in [4.78, 5) is 21.6. The summed E-state index contributed by atoms with van der Waals surface area (Å²) in [7, 11) is -4.64. The Morgan fingerprint density at radius 1 is 0.812 bits per heavy atom. The van der Waals surface area contributed by atoms with Crippen molar-refractivity contribution in [2.24, 2.45) is 0 Å². The highest BCUT2D eigenvalue weighted by Crippen LogP contribution is 2.25. The van der Waals surface area contributed by atoms with Crippen molar-refractivity contribution in [1.82, 2.24) is 0 Å². The van der Waals surface area contributed by atoms with E-state index in [4.69, 9.17) is 24.4 Å². The van der Waals surface area contributed by atoms with Crippen LogP contribution in [0.3, 0.4) is 0 Å². The molecule has 0 saturated heterocycles. The van der Waals surface area contributed by atoms with Crippen molar-refractivity contribution in [3.05, 3.63) is 0 Å². The predicted molar refractivity (Wildman–Crippen MR) is 125 cm³/mol. The van der Waals surface area contributed by atoms with E-state index in [0.29, 0.717) is 5.75 Å². The smallest absolute Gasteiger partial charge is 0.394 e. The Labute approximate surface area is 196 Å². The minimum Gasteiger partial charge on any atom is -0.394 e. The number of rotatable bonds is 20. The van der Waals surface area contributed by atoms with Crippen LogP contribution in [-0.4, -0.2) is 56.8 Å². The van der Waals surface area contributed by atoms with E-state index in [1.165, 1.54) is 83.5 Å². The third-order valence-corrected chi connectivity index (χ3v) is 5.82. The number of thioether (sulfide) groups is 1.